The summed E-state index contributed by atoms with van der Waals surface area (Å²) in [6.45, 7) is 7.16. The Morgan fingerprint density at radius 2 is 2.03 bits per heavy atom. The average molecular weight is 479 g/mol. The molecule has 2 unspecified atom stereocenters. The van der Waals surface area contributed by atoms with Crippen molar-refractivity contribution in [1.82, 2.24) is 4.90 Å². The SMILES string of the molecule is CCOC(=O)[C@H]1[C@H]2C(=O)N([C@@H](CO)C(C)C)C(C(=O)Nc3ccccc3Cl)C23CC[C@]1(C)O3. The minimum absolute atomic E-state index is 0.126. The highest BCUT2D eigenvalue weighted by Gasteiger charge is 2.78. The van der Waals surface area contributed by atoms with Gasteiger partial charge < -0.3 is 24.8 Å². The van der Waals surface area contributed by atoms with Gasteiger partial charge in [0.2, 0.25) is 11.8 Å². The molecule has 8 nitrogen and oxygen atoms in total. The number of esters is 1. The van der Waals surface area contributed by atoms with Crippen molar-refractivity contribution in [3.8, 4) is 0 Å². The first-order valence-electron chi connectivity index (χ1n) is 11.5. The quantitative estimate of drug-likeness (QED) is 0.584. The molecule has 0 saturated carbocycles. The number of amides is 2. The van der Waals surface area contributed by atoms with Gasteiger partial charge in [0.25, 0.3) is 0 Å². The summed E-state index contributed by atoms with van der Waals surface area (Å²) in [6.07, 6.45) is 0.971. The van der Waals surface area contributed by atoms with E-state index in [1.165, 1.54) is 4.90 Å². The van der Waals surface area contributed by atoms with Crippen molar-refractivity contribution < 1.29 is 29.0 Å². The molecule has 2 bridgehead atoms. The number of anilines is 1. The van der Waals surface area contributed by atoms with E-state index in [4.69, 9.17) is 21.1 Å². The molecule has 3 fully saturated rings. The second-order valence-electron chi connectivity index (χ2n) is 9.69. The third-order valence-corrected chi connectivity index (χ3v) is 7.78. The number of aliphatic hydroxyl groups excluding tert-OH is 1. The van der Waals surface area contributed by atoms with Crippen molar-refractivity contribution in [3.63, 3.8) is 0 Å². The van der Waals surface area contributed by atoms with Crippen LogP contribution in [0.5, 0.6) is 0 Å². The highest BCUT2D eigenvalue weighted by Crippen LogP contribution is 2.63. The summed E-state index contributed by atoms with van der Waals surface area (Å²) >= 11 is 6.26. The third-order valence-electron chi connectivity index (χ3n) is 7.45. The number of carbonyl (C=O) groups excluding carboxylic acids is 3. The molecule has 3 aliphatic rings. The van der Waals surface area contributed by atoms with Gasteiger partial charge in [-0.25, -0.2) is 0 Å². The van der Waals surface area contributed by atoms with Crippen LogP contribution in [0.3, 0.4) is 0 Å². The molecule has 33 heavy (non-hydrogen) atoms. The van der Waals surface area contributed by atoms with E-state index in [0.717, 1.165) is 0 Å². The van der Waals surface area contributed by atoms with Gasteiger partial charge >= 0.3 is 5.97 Å². The number of ether oxygens (including phenoxy) is 2. The van der Waals surface area contributed by atoms with E-state index in [9.17, 15) is 19.5 Å². The van der Waals surface area contributed by atoms with E-state index in [0.29, 0.717) is 23.6 Å². The smallest absolute Gasteiger partial charge is 0.312 e. The molecule has 3 saturated heterocycles. The molecule has 1 spiro atoms. The number of carbonyl (C=O) groups is 3. The lowest BCUT2D eigenvalue weighted by molar-refractivity contribution is -0.160. The molecular formula is C24H31ClN2O6. The number of halogens is 1. The molecule has 1 aromatic carbocycles. The molecule has 0 aliphatic carbocycles. The standard InChI is InChI=1S/C24H31ClN2O6/c1-5-32-22(31)18-17-21(30)27(16(12-28)13(2)3)19(24(17)11-10-23(18,4)33-24)20(29)26-15-9-7-6-8-14(15)25/h6-9,13,16-19,28H,5,10-12H2,1-4H3,(H,26,29)/t16-,17-,18+,19?,23-,24?/m0/s1. The lowest BCUT2D eigenvalue weighted by Gasteiger charge is -2.38. The topological polar surface area (TPSA) is 105 Å². The van der Waals surface area contributed by atoms with E-state index in [2.05, 4.69) is 5.32 Å². The van der Waals surface area contributed by atoms with Gasteiger partial charge in [-0.05, 0) is 44.7 Å². The number of hydrogen-bond donors (Lipinski definition) is 2. The zero-order valence-electron chi connectivity index (χ0n) is 19.3. The van der Waals surface area contributed by atoms with Crippen molar-refractivity contribution in [2.45, 2.75) is 63.8 Å². The predicted octanol–water partition coefficient (Wildman–Crippen LogP) is 2.62. The van der Waals surface area contributed by atoms with Crippen molar-refractivity contribution in [1.29, 1.82) is 0 Å². The molecule has 0 radical (unpaired) electrons. The summed E-state index contributed by atoms with van der Waals surface area (Å²) in [7, 11) is 0. The Balaban J connectivity index is 1.80. The van der Waals surface area contributed by atoms with E-state index in [-0.39, 0.29) is 25.0 Å². The zero-order valence-corrected chi connectivity index (χ0v) is 20.1. The van der Waals surface area contributed by atoms with Crippen LogP contribution in [0.4, 0.5) is 5.69 Å². The number of likely N-dealkylation sites (tertiary alicyclic amines) is 1. The van der Waals surface area contributed by atoms with Gasteiger partial charge in [-0.3, -0.25) is 14.4 Å². The second-order valence-corrected chi connectivity index (χ2v) is 10.1. The van der Waals surface area contributed by atoms with Crippen molar-refractivity contribution in [2.75, 3.05) is 18.5 Å². The first-order valence-corrected chi connectivity index (χ1v) is 11.8. The molecular weight excluding hydrogens is 448 g/mol. The van der Waals surface area contributed by atoms with Gasteiger partial charge in [0.05, 0.1) is 41.5 Å². The van der Waals surface area contributed by atoms with Crippen LogP contribution in [-0.2, 0) is 23.9 Å². The Bertz CT molecular complexity index is 970. The number of rotatable bonds is 7. The lowest BCUT2D eigenvalue weighted by atomic mass is 9.66. The van der Waals surface area contributed by atoms with Crippen LogP contribution in [0, 0.1) is 17.8 Å². The molecule has 4 rings (SSSR count). The van der Waals surface area contributed by atoms with E-state index in [1.807, 2.05) is 20.8 Å². The maximum atomic E-state index is 13.9. The van der Waals surface area contributed by atoms with Crippen LogP contribution in [0.25, 0.3) is 0 Å². The highest BCUT2D eigenvalue weighted by atomic mass is 35.5. The van der Waals surface area contributed by atoms with Crippen LogP contribution in [0.15, 0.2) is 24.3 Å². The molecule has 6 atom stereocenters. The largest absolute Gasteiger partial charge is 0.466 e. The molecule has 3 aliphatic heterocycles. The van der Waals surface area contributed by atoms with Crippen molar-refractivity contribution >= 4 is 35.1 Å². The van der Waals surface area contributed by atoms with Gasteiger partial charge in [0.1, 0.15) is 17.6 Å². The Morgan fingerprint density at radius 3 is 2.64 bits per heavy atom. The van der Waals surface area contributed by atoms with Crippen LogP contribution in [0.2, 0.25) is 5.02 Å². The molecule has 9 heteroatoms. The van der Waals surface area contributed by atoms with Gasteiger partial charge in [0, 0.05) is 0 Å². The minimum Gasteiger partial charge on any atom is -0.466 e. The van der Waals surface area contributed by atoms with E-state index >= 15 is 0 Å². The normalized spacial score (nSPS) is 33.4. The lowest BCUT2D eigenvalue weighted by Crippen LogP contribution is -2.57. The van der Waals surface area contributed by atoms with Gasteiger partial charge in [-0.15, -0.1) is 0 Å². The van der Waals surface area contributed by atoms with Crippen LogP contribution >= 0.6 is 11.6 Å². The number of para-hydroxylation sites is 1. The number of nitrogens with one attached hydrogen (secondary N) is 1. The number of hydrogen-bond acceptors (Lipinski definition) is 6. The molecule has 2 N–H and O–H groups in total. The Kier molecular flexibility index (Phi) is 6.22. The van der Waals surface area contributed by atoms with Crippen molar-refractivity contribution in [3.05, 3.63) is 29.3 Å². The van der Waals surface area contributed by atoms with E-state index < -0.39 is 47.0 Å². The fourth-order valence-corrected chi connectivity index (χ4v) is 6.18. The average Bonchev–Trinajstić information content (AvgIpc) is 3.31. The third kappa shape index (κ3) is 3.54. The highest BCUT2D eigenvalue weighted by molar-refractivity contribution is 6.33. The minimum atomic E-state index is -1.18. The number of benzene rings is 1. The molecule has 180 valence electrons. The fourth-order valence-electron chi connectivity index (χ4n) is 5.99. The maximum Gasteiger partial charge on any atom is 0.312 e. The maximum absolute atomic E-state index is 13.9. The first kappa shape index (κ1) is 24.0. The van der Waals surface area contributed by atoms with Crippen LogP contribution in [0.1, 0.15) is 40.5 Å². The van der Waals surface area contributed by atoms with Crippen LogP contribution < -0.4 is 5.32 Å². The Morgan fingerprint density at radius 1 is 1.33 bits per heavy atom. The fraction of sp³-hybridized carbons (Fsp3) is 0.625. The molecule has 2 amide bonds. The molecule has 0 aromatic heterocycles. The molecule has 3 heterocycles. The summed E-state index contributed by atoms with van der Waals surface area (Å²) in [5.41, 5.74) is -1.66. The van der Waals surface area contributed by atoms with E-state index in [1.54, 1.807) is 31.2 Å². The zero-order chi connectivity index (χ0) is 24.1. The molecule has 1 aromatic rings. The summed E-state index contributed by atoms with van der Waals surface area (Å²) in [5, 5.41) is 13.4. The predicted molar refractivity (Wildman–Crippen MR) is 121 cm³/mol. The Labute approximate surface area is 198 Å². The first-order chi connectivity index (χ1) is 15.6. The number of aliphatic hydroxyl groups is 1. The number of nitrogens with zero attached hydrogens (tertiary/aromatic N) is 1. The Hall–Kier alpha value is -2.16. The number of fused-ring (bicyclic) bond motifs is 1. The second kappa shape index (κ2) is 8.56. The van der Waals surface area contributed by atoms with Crippen LogP contribution in [-0.4, -0.2) is 64.3 Å². The summed E-state index contributed by atoms with van der Waals surface area (Å²) in [5.74, 6) is -3.10. The monoisotopic (exact) mass is 478 g/mol. The summed E-state index contributed by atoms with van der Waals surface area (Å²) in [4.78, 5) is 42.1. The van der Waals surface area contributed by atoms with Crippen molar-refractivity contribution in [2.24, 2.45) is 17.8 Å². The van der Waals surface area contributed by atoms with Gasteiger partial charge in [0.15, 0.2) is 0 Å². The van der Waals surface area contributed by atoms with Gasteiger partial charge in [-0.2, -0.15) is 0 Å². The summed E-state index contributed by atoms with van der Waals surface area (Å²) in [6, 6.07) is 5.21. The summed E-state index contributed by atoms with van der Waals surface area (Å²) < 4.78 is 11.8. The van der Waals surface area contributed by atoms with Gasteiger partial charge in [-0.1, -0.05) is 37.6 Å².